The van der Waals surface area contributed by atoms with Gasteiger partial charge >= 0.3 is 0 Å². The molecule has 0 saturated heterocycles. The maximum absolute atomic E-state index is 12.8. The second-order valence-corrected chi connectivity index (χ2v) is 5.02. The van der Waals surface area contributed by atoms with Crippen LogP contribution in [0, 0.1) is 5.82 Å². The summed E-state index contributed by atoms with van der Waals surface area (Å²) in [5, 5.41) is 16.4. The molecule has 0 radical (unpaired) electrons. The van der Waals surface area contributed by atoms with Gasteiger partial charge in [-0.1, -0.05) is 42.5 Å². The SMILES string of the molecule is O[C@H](CNC(=S)NCc1ccc(F)cc1)c1ccccc1. The monoisotopic (exact) mass is 304 g/mol. The molecule has 2 aromatic carbocycles. The molecule has 0 aliphatic heterocycles. The summed E-state index contributed by atoms with van der Waals surface area (Å²) in [4.78, 5) is 0. The van der Waals surface area contributed by atoms with E-state index in [1.54, 1.807) is 12.1 Å². The van der Waals surface area contributed by atoms with Crippen molar-refractivity contribution in [2.24, 2.45) is 0 Å². The molecule has 21 heavy (non-hydrogen) atoms. The Kier molecular flexibility index (Phi) is 5.66. The Hall–Kier alpha value is -1.98. The van der Waals surface area contributed by atoms with Gasteiger partial charge in [0.05, 0.1) is 6.10 Å². The highest BCUT2D eigenvalue weighted by Crippen LogP contribution is 2.10. The molecule has 2 aromatic rings. The fourth-order valence-corrected chi connectivity index (χ4v) is 1.99. The van der Waals surface area contributed by atoms with E-state index in [1.165, 1.54) is 12.1 Å². The number of aliphatic hydroxyl groups is 1. The summed E-state index contributed by atoms with van der Waals surface area (Å²) in [6.45, 7) is 0.840. The lowest BCUT2D eigenvalue weighted by Crippen LogP contribution is -2.37. The van der Waals surface area contributed by atoms with Gasteiger partial charge in [-0.05, 0) is 35.5 Å². The van der Waals surface area contributed by atoms with Crippen LogP contribution in [0.25, 0.3) is 0 Å². The van der Waals surface area contributed by atoms with Crippen LogP contribution < -0.4 is 10.6 Å². The Morgan fingerprint density at radius 2 is 1.71 bits per heavy atom. The Morgan fingerprint density at radius 1 is 1.05 bits per heavy atom. The molecule has 0 aliphatic carbocycles. The van der Waals surface area contributed by atoms with Gasteiger partial charge in [0.2, 0.25) is 0 Å². The maximum atomic E-state index is 12.8. The van der Waals surface area contributed by atoms with Crippen LogP contribution in [0.2, 0.25) is 0 Å². The van der Waals surface area contributed by atoms with Gasteiger partial charge in [0.15, 0.2) is 5.11 Å². The van der Waals surface area contributed by atoms with Crippen LogP contribution in [0.3, 0.4) is 0 Å². The number of hydrogen-bond donors (Lipinski definition) is 3. The summed E-state index contributed by atoms with van der Waals surface area (Å²) in [5.74, 6) is -0.259. The molecule has 110 valence electrons. The first-order chi connectivity index (χ1) is 10.1. The number of benzene rings is 2. The van der Waals surface area contributed by atoms with Crippen LogP contribution in [-0.4, -0.2) is 16.8 Å². The molecular formula is C16H17FN2OS. The topological polar surface area (TPSA) is 44.3 Å². The summed E-state index contributed by atoms with van der Waals surface area (Å²) in [7, 11) is 0. The Bertz CT molecular complexity index is 575. The first-order valence-corrected chi connectivity index (χ1v) is 7.05. The molecule has 0 fully saturated rings. The van der Waals surface area contributed by atoms with Gasteiger partial charge in [-0.3, -0.25) is 0 Å². The minimum Gasteiger partial charge on any atom is -0.387 e. The van der Waals surface area contributed by atoms with Crippen LogP contribution in [0.4, 0.5) is 4.39 Å². The van der Waals surface area contributed by atoms with E-state index in [0.717, 1.165) is 11.1 Å². The number of thiocarbonyl (C=S) groups is 1. The minimum atomic E-state index is -0.614. The van der Waals surface area contributed by atoms with Crippen molar-refractivity contribution in [2.75, 3.05) is 6.54 Å². The summed E-state index contributed by atoms with van der Waals surface area (Å²) in [6, 6.07) is 15.6. The van der Waals surface area contributed by atoms with Crippen LogP contribution in [-0.2, 0) is 6.54 Å². The molecule has 0 aliphatic rings. The molecule has 2 rings (SSSR count). The Balaban J connectivity index is 1.73. The minimum absolute atomic E-state index is 0.259. The van der Waals surface area contributed by atoms with Crippen molar-refractivity contribution in [1.29, 1.82) is 0 Å². The zero-order chi connectivity index (χ0) is 15.1. The highest BCUT2D eigenvalue weighted by atomic mass is 32.1. The molecule has 0 aromatic heterocycles. The van der Waals surface area contributed by atoms with Gasteiger partial charge in [0, 0.05) is 13.1 Å². The highest BCUT2D eigenvalue weighted by Gasteiger charge is 2.07. The molecule has 1 atom stereocenters. The molecule has 0 saturated carbocycles. The second kappa shape index (κ2) is 7.71. The molecule has 5 heteroatoms. The molecule has 0 spiro atoms. The van der Waals surface area contributed by atoms with E-state index < -0.39 is 6.10 Å². The summed E-state index contributed by atoms with van der Waals surface area (Å²) in [5.41, 5.74) is 1.77. The fourth-order valence-electron chi connectivity index (χ4n) is 1.83. The van der Waals surface area contributed by atoms with Gasteiger partial charge in [0.25, 0.3) is 0 Å². The lowest BCUT2D eigenvalue weighted by Gasteiger charge is -2.14. The van der Waals surface area contributed by atoms with E-state index in [0.29, 0.717) is 18.2 Å². The van der Waals surface area contributed by atoms with Crippen LogP contribution >= 0.6 is 12.2 Å². The lowest BCUT2D eigenvalue weighted by atomic mass is 10.1. The number of rotatable bonds is 5. The summed E-state index contributed by atoms with van der Waals surface area (Å²) < 4.78 is 12.8. The van der Waals surface area contributed by atoms with Gasteiger partial charge in [-0.2, -0.15) is 0 Å². The zero-order valence-electron chi connectivity index (χ0n) is 11.4. The quantitative estimate of drug-likeness (QED) is 0.743. The lowest BCUT2D eigenvalue weighted by molar-refractivity contribution is 0.181. The van der Waals surface area contributed by atoms with Crippen molar-refractivity contribution in [2.45, 2.75) is 12.6 Å². The standard InChI is InChI=1S/C16H17FN2OS/c17-14-8-6-12(7-9-14)10-18-16(21)19-11-15(20)13-4-2-1-3-5-13/h1-9,15,20H,10-11H2,(H2,18,19,21)/t15-/m1/s1. The predicted octanol–water partition coefficient (Wildman–Crippen LogP) is 2.52. The van der Waals surface area contributed by atoms with E-state index in [9.17, 15) is 9.50 Å². The number of hydrogen-bond acceptors (Lipinski definition) is 2. The van der Waals surface area contributed by atoms with Crippen LogP contribution in [0.15, 0.2) is 54.6 Å². The van der Waals surface area contributed by atoms with Gasteiger partial charge in [-0.15, -0.1) is 0 Å². The number of aliphatic hydroxyl groups excluding tert-OH is 1. The van der Waals surface area contributed by atoms with Crippen molar-refractivity contribution in [3.63, 3.8) is 0 Å². The molecule has 3 nitrogen and oxygen atoms in total. The van der Waals surface area contributed by atoms with Gasteiger partial charge in [0.1, 0.15) is 5.82 Å². The van der Waals surface area contributed by atoms with E-state index in [1.807, 2.05) is 30.3 Å². The van der Waals surface area contributed by atoms with Crippen molar-refractivity contribution in [1.82, 2.24) is 10.6 Å². The van der Waals surface area contributed by atoms with Gasteiger partial charge < -0.3 is 15.7 Å². The van der Waals surface area contributed by atoms with Crippen LogP contribution in [0.5, 0.6) is 0 Å². The first-order valence-electron chi connectivity index (χ1n) is 6.64. The average Bonchev–Trinajstić information content (AvgIpc) is 2.53. The first kappa shape index (κ1) is 15.4. The summed E-state index contributed by atoms with van der Waals surface area (Å²) in [6.07, 6.45) is -0.614. The molecular weight excluding hydrogens is 287 g/mol. The molecule has 0 amide bonds. The molecule has 3 N–H and O–H groups in total. The third kappa shape index (κ3) is 5.13. The average molecular weight is 304 g/mol. The Labute approximate surface area is 128 Å². The zero-order valence-corrected chi connectivity index (χ0v) is 12.2. The normalized spacial score (nSPS) is 11.7. The number of halogens is 1. The van der Waals surface area contributed by atoms with E-state index >= 15 is 0 Å². The van der Waals surface area contributed by atoms with Crippen molar-refractivity contribution in [3.8, 4) is 0 Å². The predicted molar refractivity (Wildman–Crippen MR) is 85.2 cm³/mol. The van der Waals surface area contributed by atoms with Crippen molar-refractivity contribution < 1.29 is 9.50 Å². The highest BCUT2D eigenvalue weighted by molar-refractivity contribution is 7.80. The van der Waals surface area contributed by atoms with Crippen LogP contribution in [0.1, 0.15) is 17.2 Å². The molecule has 0 heterocycles. The fraction of sp³-hybridized carbons (Fsp3) is 0.188. The number of nitrogens with one attached hydrogen (secondary N) is 2. The Morgan fingerprint density at radius 3 is 2.38 bits per heavy atom. The third-order valence-corrected chi connectivity index (χ3v) is 3.30. The van der Waals surface area contributed by atoms with Gasteiger partial charge in [-0.25, -0.2) is 4.39 Å². The smallest absolute Gasteiger partial charge is 0.166 e. The molecule has 0 unspecified atom stereocenters. The van der Waals surface area contributed by atoms with E-state index in [4.69, 9.17) is 12.2 Å². The van der Waals surface area contributed by atoms with Crippen molar-refractivity contribution in [3.05, 3.63) is 71.5 Å². The molecule has 0 bridgehead atoms. The second-order valence-electron chi connectivity index (χ2n) is 4.62. The largest absolute Gasteiger partial charge is 0.387 e. The third-order valence-electron chi connectivity index (χ3n) is 3.01. The summed E-state index contributed by atoms with van der Waals surface area (Å²) >= 11 is 5.14. The maximum Gasteiger partial charge on any atom is 0.166 e. The van der Waals surface area contributed by atoms with E-state index in [-0.39, 0.29) is 5.82 Å². The van der Waals surface area contributed by atoms with E-state index in [2.05, 4.69) is 10.6 Å². The van der Waals surface area contributed by atoms with Crippen molar-refractivity contribution >= 4 is 17.3 Å².